The first-order valence-electron chi connectivity index (χ1n) is 6.07. The van der Waals surface area contributed by atoms with Gasteiger partial charge in [0.25, 0.3) is 0 Å². The van der Waals surface area contributed by atoms with E-state index in [9.17, 15) is 4.79 Å². The molecule has 0 aromatic carbocycles. The van der Waals surface area contributed by atoms with E-state index >= 15 is 0 Å². The molecule has 3 heteroatoms. The van der Waals surface area contributed by atoms with Crippen LogP contribution in [0.15, 0.2) is 0 Å². The Morgan fingerprint density at radius 3 is 2.13 bits per heavy atom. The maximum Gasteiger partial charge on any atom is 0.303 e. The van der Waals surface area contributed by atoms with Gasteiger partial charge in [0.1, 0.15) is 0 Å². The third-order valence-electron chi connectivity index (χ3n) is 2.57. The van der Waals surface area contributed by atoms with Crippen molar-refractivity contribution >= 4 is 5.97 Å². The molecule has 1 heterocycles. The Balaban J connectivity index is 0.000000262. The van der Waals surface area contributed by atoms with Crippen molar-refractivity contribution in [1.29, 1.82) is 0 Å². The summed E-state index contributed by atoms with van der Waals surface area (Å²) in [5.74, 6) is -0.682. The zero-order valence-electron chi connectivity index (χ0n) is 10.2. The van der Waals surface area contributed by atoms with Gasteiger partial charge in [0.2, 0.25) is 0 Å². The van der Waals surface area contributed by atoms with Gasteiger partial charge in [0.05, 0.1) is 0 Å². The van der Waals surface area contributed by atoms with Gasteiger partial charge in [-0.25, -0.2) is 0 Å². The highest BCUT2D eigenvalue weighted by Gasteiger charge is 2.02. The van der Waals surface area contributed by atoms with Crippen molar-refractivity contribution in [2.24, 2.45) is 0 Å². The predicted octanol–water partition coefficient (Wildman–Crippen LogP) is 2.75. The predicted molar refractivity (Wildman–Crippen MR) is 63.1 cm³/mol. The Kier molecular flexibility index (Phi) is 9.59. The first-order chi connectivity index (χ1) is 7.16. The number of unbranched alkanes of at least 4 members (excludes halogenated alkanes) is 2. The summed E-state index contributed by atoms with van der Waals surface area (Å²) in [5.41, 5.74) is 0. The molecule has 0 amide bonds. The van der Waals surface area contributed by atoms with Gasteiger partial charge in [-0.2, -0.15) is 0 Å². The molecule has 0 radical (unpaired) electrons. The third-order valence-corrected chi connectivity index (χ3v) is 2.57. The van der Waals surface area contributed by atoms with E-state index in [4.69, 9.17) is 5.11 Å². The van der Waals surface area contributed by atoms with Crippen molar-refractivity contribution in [3.8, 4) is 0 Å². The molecule has 0 spiro atoms. The first kappa shape index (κ1) is 14.4. The van der Waals surface area contributed by atoms with Crippen molar-refractivity contribution in [1.82, 2.24) is 4.90 Å². The number of piperidine rings is 1. The summed E-state index contributed by atoms with van der Waals surface area (Å²) < 4.78 is 0. The van der Waals surface area contributed by atoms with Crippen LogP contribution in [-0.4, -0.2) is 36.1 Å². The van der Waals surface area contributed by atoms with Crippen LogP contribution in [0, 0.1) is 0 Å². The smallest absolute Gasteiger partial charge is 0.303 e. The van der Waals surface area contributed by atoms with Crippen LogP contribution in [0.4, 0.5) is 0 Å². The summed E-state index contributed by atoms with van der Waals surface area (Å²) in [5, 5.41) is 8.14. The first-order valence-corrected chi connectivity index (χ1v) is 6.07. The number of nitrogens with zero attached hydrogens (tertiary/aromatic N) is 1. The molecule has 3 nitrogen and oxygen atoms in total. The highest BCUT2D eigenvalue weighted by molar-refractivity contribution is 5.66. The number of hydrogen-bond acceptors (Lipinski definition) is 2. The molecule has 0 aromatic rings. The molecule has 0 aliphatic carbocycles. The van der Waals surface area contributed by atoms with E-state index < -0.39 is 5.97 Å². The van der Waals surface area contributed by atoms with Crippen LogP contribution in [0.1, 0.15) is 51.9 Å². The van der Waals surface area contributed by atoms with E-state index in [1.54, 1.807) is 0 Å². The van der Waals surface area contributed by atoms with Crippen LogP contribution < -0.4 is 0 Å². The lowest BCUT2D eigenvalue weighted by molar-refractivity contribution is -0.137. The van der Waals surface area contributed by atoms with Crippen LogP contribution in [0.2, 0.25) is 0 Å². The fourth-order valence-corrected chi connectivity index (χ4v) is 1.58. The number of carboxylic acids is 1. The second-order valence-corrected chi connectivity index (χ2v) is 4.21. The lowest BCUT2D eigenvalue weighted by atomic mass is 10.1. The van der Waals surface area contributed by atoms with Crippen LogP contribution in [0.5, 0.6) is 0 Å². The normalized spacial score (nSPS) is 16.7. The number of carbonyl (C=O) groups is 1. The Morgan fingerprint density at radius 2 is 1.80 bits per heavy atom. The molecule has 0 aromatic heterocycles. The minimum Gasteiger partial charge on any atom is -0.481 e. The van der Waals surface area contributed by atoms with Gasteiger partial charge in [0, 0.05) is 6.42 Å². The summed E-state index contributed by atoms with van der Waals surface area (Å²) in [6.07, 6.45) is 7.55. The minimum atomic E-state index is -0.682. The Bertz CT molecular complexity index is 154. The minimum absolute atomic E-state index is 0.327. The van der Waals surface area contributed by atoms with Gasteiger partial charge in [-0.05, 0) is 39.4 Å². The molecule has 1 N–H and O–H groups in total. The Hall–Kier alpha value is -0.570. The molecule has 15 heavy (non-hydrogen) atoms. The van der Waals surface area contributed by atoms with Crippen molar-refractivity contribution in [2.75, 3.05) is 20.1 Å². The summed E-state index contributed by atoms with van der Waals surface area (Å²) in [4.78, 5) is 12.3. The zero-order chi connectivity index (χ0) is 11.5. The van der Waals surface area contributed by atoms with Crippen LogP contribution in [0.25, 0.3) is 0 Å². The van der Waals surface area contributed by atoms with Crippen molar-refractivity contribution in [3.63, 3.8) is 0 Å². The number of rotatable bonds is 4. The van der Waals surface area contributed by atoms with Gasteiger partial charge in [0.15, 0.2) is 0 Å². The van der Waals surface area contributed by atoms with E-state index in [2.05, 4.69) is 18.9 Å². The second kappa shape index (κ2) is 9.97. The molecule has 0 bridgehead atoms. The topological polar surface area (TPSA) is 40.5 Å². The lowest BCUT2D eigenvalue weighted by Crippen LogP contribution is -2.24. The average molecular weight is 215 g/mol. The van der Waals surface area contributed by atoms with Gasteiger partial charge >= 0.3 is 5.97 Å². The number of carboxylic acid groups (broad SMARTS) is 1. The molecule has 90 valence electrons. The van der Waals surface area contributed by atoms with Gasteiger partial charge < -0.3 is 10.0 Å². The monoisotopic (exact) mass is 215 g/mol. The number of aliphatic carboxylic acids is 1. The molecule has 0 saturated carbocycles. The molecular formula is C12H25NO2. The van der Waals surface area contributed by atoms with Crippen molar-refractivity contribution in [3.05, 3.63) is 0 Å². The number of likely N-dealkylation sites (tertiary alicyclic amines) is 1. The van der Waals surface area contributed by atoms with Gasteiger partial charge in [-0.1, -0.05) is 26.2 Å². The fraction of sp³-hybridized carbons (Fsp3) is 0.917. The van der Waals surface area contributed by atoms with Crippen molar-refractivity contribution in [2.45, 2.75) is 51.9 Å². The highest BCUT2D eigenvalue weighted by atomic mass is 16.4. The molecule has 1 aliphatic heterocycles. The fourth-order valence-electron chi connectivity index (χ4n) is 1.58. The van der Waals surface area contributed by atoms with E-state index in [0.717, 1.165) is 19.3 Å². The third kappa shape index (κ3) is 11.4. The SMILES string of the molecule is CCCCCC(=O)O.CN1CCCCC1. The largest absolute Gasteiger partial charge is 0.481 e. The maximum atomic E-state index is 9.87. The average Bonchev–Trinajstić information content (AvgIpc) is 2.20. The standard InChI is InChI=1S/C6H13N.C6H12O2/c1-7-5-3-2-4-6-7;1-2-3-4-5-6(7)8/h2-6H2,1H3;2-5H2,1H3,(H,7,8). The van der Waals surface area contributed by atoms with Crippen molar-refractivity contribution < 1.29 is 9.90 Å². The molecular weight excluding hydrogens is 190 g/mol. The molecule has 0 atom stereocenters. The molecule has 1 aliphatic rings. The van der Waals surface area contributed by atoms with Gasteiger partial charge in [-0.3, -0.25) is 4.79 Å². The summed E-state index contributed by atoms with van der Waals surface area (Å²) >= 11 is 0. The Morgan fingerprint density at radius 1 is 1.20 bits per heavy atom. The van der Waals surface area contributed by atoms with Crippen LogP contribution in [-0.2, 0) is 4.79 Å². The summed E-state index contributed by atoms with van der Waals surface area (Å²) in [7, 11) is 2.19. The number of hydrogen-bond donors (Lipinski definition) is 1. The van der Waals surface area contributed by atoms with E-state index in [0.29, 0.717) is 6.42 Å². The molecule has 1 fully saturated rings. The Labute approximate surface area is 93.5 Å². The lowest BCUT2D eigenvalue weighted by Gasteiger charge is -2.20. The highest BCUT2D eigenvalue weighted by Crippen LogP contribution is 2.04. The van der Waals surface area contributed by atoms with E-state index in [-0.39, 0.29) is 0 Å². The molecule has 1 rings (SSSR count). The van der Waals surface area contributed by atoms with Gasteiger partial charge in [-0.15, -0.1) is 0 Å². The molecule has 0 unspecified atom stereocenters. The zero-order valence-corrected chi connectivity index (χ0v) is 10.2. The maximum absolute atomic E-state index is 9.87. The van der Waals surface area contributed by atoms with Crippen LogP contribution >= 0.6 is 0 Å². The quantitative estimate of drug-likeness (QED) is 0.733. The van der Waals surface area contributed by atoms with E-state index in [1.165, 1.54) is 32.4 Å². The molecule has 1 saturated heterocycles. The van der Waals surface area contributed by atoms with E-state index in [1.807, 2.05) is 0 Å². The second-order valence-electron chi connectivity index (χ2n) is 4.21. The van der Waals surface area contributed by atoms with Crippen LogP contribution in [0.3, 0.4) is 0 Å². The summed E-state index contributed by atoms with van der Waals surface area (Å²) in [6, 6.07) is 0. The summed E-state index contributed by atoms with van der Waals surface area (Å²) in [6.45, 7) is 4.70.